The predicted octanol–water partition coefficient (Wildman–Crippen LogP) is 1.79. The van der Waals surface area contributed by atoms with Gasteiger partial charge in [0.15, 0.2) is 0 Å². The van der Waals surface area contributed by atoms with Crippen LogP contribution < -0.4 is 5.32 Å². The van der Waals surface area contributed by atoms with Gasteiger partial charge in [-0.2, -0.15) is 0 Å². The van der Waals surface area contributed by atoms with Crippen LogP contribution >= 0.6 is 0 Å². The molecule has 2 heterocycles. The van der Waals surface area contributed by atoms with Crippen molar-refractivity contribution in [1.82, 2.24) is 5.32 Å². The van der Waals surface area contributed by atoms with Crippen LogP contribution in [-0.2, 0) is 16.2 Å². The standard InChI is InChI=1S/C15H14N2O4/c18-13-6-2-1-5-11(13)12-8-14(21-17-12)15(19)16-9-10-4-3-7-20-10/h1-7,14,18H,8-9H2,(H,16,19)/t14-/m0/s1. The number of furan rings is 1. The maximum absolute atomic E-state index is 12.0. The van der Waals surface area contributed by atoms with E-state index in [1.54, 1.807) is 42.7 Å². The lowest BCUT2D eigenvalue weighted by atomic mass is 10.0. The van der Waals surface area contributed by atoms with Gasteiger partial charge in [-0.3, -0.25) is 4.79 Å². The molecule has 1 aromatic heterocycles. The molecular formula is C15H14N2O4. The van der Waals surface area contributed by atoms with Crippen molar-refractivity contribution in [2.45, 2.75) is 19.1 Å². The zero-order valence-corrected chi connectivity index (χ0v) is 11.2. The van der Waals surface area contributed by atoms with Crippen LogP contribution in [0.15, 0.2) is 52.2 Å². The van der Waals surface area contributed by atoms with E-state index in [0.29, 0.717) is 30.0 Å². The molecule has 2 aromatic rings. The summed E-state index contributed by atoms with van der Waals surface area (Å²) in [5, 5.41) is 16.4. The number of aromatic hydroxyl groups is 1. The average molecular weight is 286 g/mol. The molecule has 0 bridgehead atoms. The molecule has 0 fully saturated rings. The fourth-order valence-corrected chi connectivity index (χ4v) is 2.10. The summed E-state index contributed by atoms with van der Waals surface area (Å²) in [6.07, 6.45) is 1.18. The first-order valence-corrected chi connectivity index (χ1v) is 6.55. The molecule has 1 aliphatic heterocycles. The van der Waals surface area contributed by atoms with Gasteiger partial charge in [0.25, 0.3) is 5.91 Å². The van der Waals surface area contributed by atoms with Crippen molar-refractivity contribution >= 4 is 11.6 Å². The molecule has 6 nitrogen and oxygen atoms in total. The largest absolute Gasteiger partial charge is 0.507 e. The summed E-state index contributed by atoms with van der Waals surface area (Å²) >= 11 is 0. The molecule has 21 heavy (non-hydrogen) atoms. The lowest BCUT2D eigenvalue weighted by Gasteiger charge is -2.08. The number of rotatable bonds is 4. The fraction of sp³-hybridized carbons (Fsp3) is 0.200. The molecule has 0 aliphatic carbocycles. The molecule has 0 saturated carbocycles. The Balaban J connectivity index is 1.58. The van der Waals surface area contributed by atoms with Crippen molar-refractivity contribution in [3.8, 4) is 5.75 Å². The maximum atomic E-state index is 12.0. The van der Waals surface area contributed by atoms with Gasteiger partial charge in [0.2, 0.25) is 6.10 Å². The SMILES string of the molecule is O=C(NCc1ccco1)[C@@H]1CC(c2ccccc2O)=NO1. The lowest BCUT2D eigenvalue weighted by Crippen LogP contribution is -2.34. The minimum Gasteiger partial charge on any atom is -0.507 e. The van der Waals surface area contributed by atoms with Gasteiger partial charge in [-0.1, -0.05) is 17.3 Å². The quantitative estimate of drug-likeness (QED) is 0.897. The molecule has 3 rings (SSSR count). The summed E-state index contributed by atoms with van der Waals surface area (Å²) in [4.78, 5) is 17.1. The number of phenolic OH excluding ortho intramolecular Hbond substituents is 1. The zero-order chi connectivity index (χ0) is 14.7. The van der Waals surface area contributed by atoms with Crippen molar-refractivity contribution in [3.63, 3.8) is 0 Å². The molecule has 0 saturated heterocycles. The smallest absolute Gasteiger partial charge is 0.264 e. The lowest BCUT2D eigenvalue weighted by molar-refractivity contribution is -0.131. The van der Waals surface area contributed by atoms with Gasteiger partial charge in [0, 0.05) is 12.0 Å². The van der Waals surface area contributed by atoms with Crippen molar-refractivity contribution in [2.75, 3.05) is 0 Å². The molecular weight excluding hydrogens is 272 g/mol. The van der Waals surface area contributed by atoms with Gasteiger partial charge in [0.05, 0.1) is 18.5 Å². The number of benzene rings is 1. The average Bonchev–Trinajstić information content (AvgIpc) is 3.17. The van der Waals surface area contributed by atoms with E-state index in [1.807, 2.05) is 0 Å². The van der Waals surface area contributed by atoms with Crippen LogP contribution in [0.3, 0.4) is 0 Å². The normalized spacial score (nSPS) is 17.1. The van der Waals surface area contributed by atoms with E-state index < -0.39 is 6.10 Å². The minimum atomic E-state index is -0.686. The number of para-hydroxylation sites is 1. The Morgan fingerprint density at radius 2 is 2.19 bits per heavy atom. The number of hydrogen-bond donors (Lipinski definition) is 2. The number of carbonyl (C=O) groups excluding carboxylic acids is 1. The third kappa shape index (κ3) is 2.89. The fourth-order valence-electron chi connectivity index (χ4n) is 2.10. The Morgan fingerprint density at radius 3 is 2.95 bits per heavy atom. The van der Waals surface area contributed by atoms with Crippen LogP contribution in [-0.4, -0.2) is 22.8 Å². The summed E-state index contributed by atoms with van der Waals surface area (Å²) < 4.78 is 5.14. The predicted molar refractivity (Wildman–Crippen MR) is 74.7 cm³/mol. The Labute approximate surface area is 121 Å². The topological polar surface area (TPSA) is 84.1 Å². The second-order valence-corrected chi connectivity index (χ2v) is 4.65. The van der Waals surface area contributed by atoms with Crippen LogP contribution in [0.2, 0.25) is 0 Å². The Morgan fingerprint density at radius 1 is 1.33 bits per heavy atom. The van der Waals surface area contributed by atoms with Crippen LogP contribution in [0.5, 0.6) is 5.75 Å². The molecule has 6 heteroatoms. The van der Waals surface area contributed by atoms with Crippen molar-refractivity contribution in [1.29, 1.82) is 0 Å². The first-order chi connectivity index (χ1) is 10.2. The highest BCUT2D eigenvalue weighted by molar-refractivity contribution is 6.05. The molecule has 1 atom stereocenters. The molecule has 2 N–H and O–H groups in total. The first kappa shape index (κ1) is 13.2. The van der Waals surface area contributed by atoms with Gasteiger partial charge >= 0.3 is 0 Å². The Hall–Kier alpha value is -2.76. The number of hydrogen-bond acceptors (Lipinski definition) is 5. The molecule has 0 radical (unpaired) electrons. The number of nitrogens with zero attached hydrogens (tertiary/aromatic N) is 1. The second kappa shape index (κ2) is 5.70. The number of carbonyl (C=O) groups is 1. The number of amides is 1. The monoisotopic (exact) mass is 286 g/mol. The van der Waals surface area contributed by atoms with Crippen LogP contribution in [0, 0.1) is 0 Å². The number of oxime groups is 1. The van der Waals surface area contributed by atoms with E-state index in [0.717, 1.165) is 0 Å². The molecule has 0 spiro atoms. The highest BCUT2D eigenvalue weighted by Gasteiger charge is 2.29. The van der Waals surface area contributed by atoms with E-state index in [4.69, 9.17) is 9.25 Å². The summed E-state index contributed by atoms with van der Waals surface area (Å²) in [6.45, 7) is 0.303. The van der Waals surface area contributed by atoms with E-state index in [1.165, 1.54) is 0 Å². The Kier molecular flexibility index (Phi) is 3.59. The van der Waals surface area contributed by atoms with Gasteiger partial charge in [-0.05, 0) is 24.3 Å². The minimum absolute atomic E-state index is 0.122. The van der Waals surface area contributed by atoms with E-state index in [2.05, 4.69) is 10.5 Å². The highest BCUT2D eigenvalue weighted by Crippen LogP contribution is 2.23. The summed E-state index contributed by atoms with van der Waals surface area (Å²) in [7, 11) is 0. The van der Waals surface area contributed by atoms with Gasteiger partial charge in [-0.15, -0.1) is 0 Å². The van der Waals surface area contributed by atoms with Gasteiger partial charge in [-0.25, -0.2) is 0 Å². The molecule has 108 valence electrons. The van der Waals surface area contributed by atoms with Crippen molar-refractivity contribution < 1.29 is 19.2 Å². The van der Waals surface area contributed by atoms with Crippen LogP contribution in [0.25, 0.3) is 0 Å². The van der Waals surface area contributed by atoms with Gasteiger partial charge < -0.3 is 19.7 Å². The number of phenols is 1. The summed E-state index contributed by atoms with van der Waals surface area (Å²) in [6, 6.07) is 10.4. The summed E-state index contributed by atoms with van der Waals surface area (Å²) in [5.74, 6) is 0.528. The summed E-state index contributed by atoms with van der Waals surface area (Å²) in [5.41, 5.74) is 1.14. The highest BCUT2D eigenvalue weighted by atomic mass is 16.6. The van der Waals surface area contributed by atoms with Crippen LogP contribution in [0.4, 0.5) is 0 Å². The molecule has 1 aliphatic rings. The van der Waals surface area contributed by atoms with Crippen LogP contribution in [0.1, 0.15) is 17.7 Å². The molecule has 1 amide bonds. The third-order valence-electron chi connectivity index (χ3n) is 3.19. The second-order valence-electron chi connectivity index (χ2n) is 4.65. The Bertz CT molecular complexity index is 664. The zero-order valence-electron chi connectivity index (χ0n) is 11.2. The van der Waals surface area contributed by atoms with E-state index >= 15 is 0 Å². The van der Waals surface area contributed by atoms with Crippen molar-refractivity contribution in [3.05, 3.63) is 54.0 Å². The van der Waals surface area contributed by atoms with E-state index in [9.17, 15) is 9.90 Å². The van der Waals surface area contributed by atoms with Crippen molar-refractivity contribution in [2.24, 2.45) is 5.16 Å². The number of nitrogens with one attached hydrogen (secondary N) is 1. The first-order valence-electron chi connectivity index (χ1n) is 6.55. The van der Waals surface area contributed by atoms with Gasteiger partial charge in [0.1, 0.15) is 11.5 Å². The molecule has 1 aromatic carbocycles. The van der Waals surface area contributed by atoms with E-state index in [-0.39, 0.29) is 11.7 Å². The maximum Gasteiger partial charge on any atom is 0.264 e. The third-order valence-corrected chi connectivity index (χ3v) is 3.19. The molecule has 0 unspecified atom stereocenters.